The average molecular weight is 282 g/mol. The quantitative estimate of drug-likeness (QED) is 0.845. The first kappa shape index (κ1) is 14.2. The zero-order chi connectivity index (χ0) is 13.7. The molecule has 19 heavy (non-hydrogen) atoms. The van der Waals surface area contributed by atoms with Crippen LogP contribution in [0.2, 0.25) is 5.02 Å². The summed E-state index contributed by atoms with van der Waals surface area (Å²) in [5.41, 5.74) is 0. The number of halogens is 1. The fraction of sp³-hybridized carbons (Fsp3) is 0.533. The van der Waals surface area contributed by atoms with Gasteiger partial charge in [-0.05, 0) is 49.9 Å². The maximum atomic E-state index is 12.2. The molecule has 1 aromatic carbocycles. The molecule has 1 aromatic rings. The molecule has 1 heterocycles. The van der Waals surface area contributed by atoms with Gasteiger partial charge in [-0.15, -0.1) is 0 Å². The van der Waals surface area contributed by atoms with Gasteiger partial charge in [0.05, 0.1) is 0 Å². The Morgan fingerprint density at radius 1 is 1.37 bits per heavy atom. The van der Waals surface area contributed by atoms with Crippen LogP contribution in [-0.4, -0.2) is 30.0 Å². The van der Waals surface area contributed by atoms with Crippen LogP contribution in [0.15, 0.2) is 24.3 Å². The van der Waals surface area contributed by atoms with Gasteiger partial charge < -0.3 is 9.64 Å². The molecule has 1 unspecified atom stereocenters. The van der Waals surface area contributed by atoms with Gasteiger partial charge in [0.15, 0.2) is 6.61 Å². The van der Waals surface area contributed by atoms with Crippen molar-refractivity contribution in [2.24, 2.45) is 0 Å². The maximum absolute atomic E-state index is 12.2. The Morgan fingerprint density at radius 2 is 2.11 bits per heavy atom. The molecule has 1 aliphatic rings. The Hall–Kier alpha value is -1.22. The van der Waals surface area contributed by atoms with Crippen LogP contribution < -0.4 is 4.74 Å². The molecule has 0 aromatic heterocycles. The lowest BCUT2D eigenvalue weighted by Gasteiger charge is -2.35. The van der Waals surface area contributed by atoms with Gasteiger partial charge in [0.1, 0.15) is 5.75 Å². The van der Waals surface area contributed by atoms with E-state index in [0.717, 1.165) is 25.8 Å². The number of ether oxygens (including phenoxy) is 1. The Kier molecular flexibility index (Phi) is 5.08. The minimum atomic E-state index is 0.0847. The zero-order valence-corrected chi connectivity index (χ0v) is 12.0. The van der Waals surface area contributed by atoms with E-state index >= 15 is 0 Å². The summed E-state index contributed by atoms with van der Waals surface area (Å²) in [7, 11) is 0. The molecule has 104 valence electrons. The fourth-order valence-electron chi connectivity index (χ4n) is 2.51. The van der Waals surface area contributed by atoms with Crippen molar-refractivity contribution < 1.29 is 9.53 Å². The van der Waals surface area contributed by atoms with E-state index in [1.165, 1.54) is 6.42 Å². The first-order valence-electron chi connectivity index (χ1n) is 6.88. The Bertz CT molecular complexity index is 419. The van der Waals surface area contributed by atoms with Crippen LogP contribution >= 0.6 is 11.6 Å². The van der Waals surface area contributed by atoms with E-state index < -0.39 is 0 Å². The number of carbonyl (C=O) groups is 1. The number of hydrogen-bond donors (Lipinski definition) is 0. The van der Waals surface area contributed by atoms with Crippen molar-refractivity contribution in [3.05, 3.63) is 29.3 Å². The molecule has 0 saturated carbocycles. The smallest absolute Gasteiger partial charge is 0.260 e. The summed E-state index contributed by atoms with van der Waals surface area (Å²) in [5, 5.41) is 0.667. The van der Waals surface area contributed by atoms with Gasteiger partial charge in [-0.1, -0.05) is 18.5 Å². The van der Waals surface area contributed by atoms with E-state index in [1.807, 2.05) is 4.90 Å². The van der Waals surface area contributed by atoms with Crippen LogP contribution in [-0.2, 0) is 4.79 Å². The Labute approximate surface area is 119 Å². The minimum Gasteiger partial charge on any atom is -0.484 e. The molecule has 0 aliphatic carbocycles. The van der Waals surface area contributed by atoms with Crippen LogP contribution in [0, 0.1) is 0 Å². The number of hydrogen-bond acceptors (Lipinski definition) is 2. The number of benzene rings is 1. The molecule has 2 rings (SSSR count). The number of carbonyl (C=O) groups excluding carboxylic acids is 1. The molecule has 0 radical (unpaired) electrons. The summed E-state index contributed by atoms with van der Waals surface area (Å²) in [4.78, 5) is 14.2. The Morgan fingerprint density at radius 3 is 2.79 bits per heavy atom. The van der Waals surface area contributed by atoms with Gasteiger partial charge in [0.2, 0.25) is 0 Å². The third-order valence-corrected chi connectivity index (χ3v) is 3.85. The first-order chi connectivity index (χ1) is 9.20. The summed E-state index contributed by atoms with van der Waals surface area (Å²) in [5.74, 6) is 0.768. The monoisotopic (exact) mass is 281 g/mol. The number of rotatable bonds is 4. The van der Waals surface area contributed by atoms with Gasteiger partial charge in [0, 0.05) is 17.6 Å². The largest absolute Gasteiger partial charge is 0.484 e. The molecule has 1 fully saturated rings. The highest BCUT2D eigenvalue weighted by Gasteiger charge is 2.25. The van der Waals surface area contributed by atoms with Crippen molar-refractivity contribution in [1.82, 2.24) is 4.90 Å². The maximum Gasteiger partial charge on any atom is 0.260 e. The summed E-state index contributed by atoms with van der Waals surface area (Å²) in [6.07, 6.45) is 4.46. The molecule has 4 heteroatoms. The van der Waals surface area contributed by atoms with Gasteiger partial charge >= 0.3 is 0 Å². The van der Waals surface area contributed by atoms with Crippen LogP contribution in [0.3, 0.4) is 0 Å². The second-order valence-corrected chi connectivity index (χ2v) is 5.32. The molecule has 1 aliphatic heterocycles. The molecule has 0 spiro atoms. The van der Waals surface area contributed by atoms with Crippen molar-refractivity contribution in [2.45, 2.75) is 38.6 Å². The summed E-state index contributed by atoms with van der Waals surface area (Å²) in [6.45, 7) is 3.11. The summed E-state index contributed by atoms with van der Waals surface area (Å²) in [6, 6.07) is 7.47. The molecule has 0 bridgehead atoms. The molecule has 1 saturated heterocycles. The highest BCUT2D eigenvalue weighted by molar-refractivity contribution is 6.30. The van der Waals surface area contributed by atoms with Crippen LogP contribution in [0.5, 0.6) is 5.75 Å². The predicted octanol–water partition coefficient (Wildman–Crippen LogP) is 3.51. The average Bonchev–Trinajstić information content (AvgIpc) is 2.46. The SMILES string of the molecule is CCC1CCCCN1C(=O)COc1ccc(Cl)cc1. The van der Waals surface area contributed by atoms with Crippen molar-refractivity contribution in [3.8, 4) is 5.75 Å². The highest BCUT2D eigenvalue weighted by Crippen LogP contribution is 2.20. The van der Waals surface area contributed by atoms with Crippen molar-refractivity contribution in [2.75, 3.05) is 13.2 Å². The van der Waals surface area contributed by atoms with E-state index in [9.17, 15) is 4.79 Å². The minimum absolute atomic E-state index is 0.0847. The molecule has 0 N–H and O–H groups in total. The van der Waals surface area contributed by atoms with Gasteiger partial charge in [-0.2, -0.15) is 0 Å². The number of likely N-dealkylation sites (tertiary alicyclic amines) is 1. The van der Waals surface area contributed by atoms with Crippen molar-refractivity contribution >= 4 is 17.5 Å². The lowest BCUT2D eigenvalue weighted by atomic mass is 10.00. The van der Waals surface area contributed by atoms with E-state index in [-0.39, 0.29) is 12.5 Å². The van der Waals surface area contributed by atoms with Gasteiger partial charge in [0.25, 0.3) is 5.91 Å². The summed E-state index contributed by atoms with van der Waals surface area (Å²) >= 11 is 5.80. The van der Waals surface area contributed by atoms with Crippen LogP contribution in [0.25, 0.3) is 0 Å². The number of amides is 1. The van der Waals surface area contributed by atoms with Crippen LogP contribution in [0.4, 0.5) is 0 Å². The molecular weight excluding hydrogens is 262 g/mol. The number of nitrogens with zero attached hydrogens (tertiary/aromatic N) is 1. The predicted molar refractivity (Wildman–Crippen MR) is 76.6 cm³/mol. The topological polar surface area (TPSA) is 29.5 Å². The van der Waals surface area contributed by atoms with E-state index in [1.54, 1.807) is 24.3 Å². The highest BCUT2D eigenvalue weighted by atomic mass is 35.5. The van der Waals surface area contributed by atoms with Gasteiger partial charge in [-0.25, -0.2) is 0 Å². The van der Waals surface area contributed by atoms with E-state index in [2.05, 4.69) is 6.92 Å². The summed E-state index contributed by atoms with van der Waals surface area (Å²) < 4.78 is 5.52. The standard InChI is InChI=1S/C15H20ClNO2/c1-2-13-5-3-4-10-17(13)15(18)11-19-14-8-6-12(16)7-9-14/h6-9,13H,2-5,10-11H2,1H3. The first-order valence-corrected chi connectivity index (χ1v) is 7.26. The third-order valence-electron chi connectivity index (χ3n) is 3.59. The molecule has 1 atom stereocenters. The van der Waals surface area contributed by atoms with E-state index in [4.69, 9.17) is 16.3 Å². The Balaban J connectivity index is 1.87. The molecular formula is C15H20ClNO2. The lowest BCUT2D eigenvalue weighted by Crippen LogP contribution is -2.45. The second-order valence-electron chi connectivity index (χ2n) is 4.89. The number of piperidine rings is 1. The third kappa shape index (κ3) is 3.87. The lowest BCUT2D eigenvalue weighted by molar-refractivity contribution is -0.137. The van der Waals surface area contributed by atoms with Crippen molar-refractivity contribution in [3.63, 3.8) is 0 Å². The van der Waals surface area contributed by atoms with Crippen LogP contribution in [0.1, 0.15) is 32.6 Å². The van der Waals surface area contributed by atoms with E-state index in [0.29, 0.717) is 16.8 Å². The normalized spacial score (nSPS) is 19.3. The van der Waals surface area contributed by atoms with Crippen molar-refractivity contribution in [1.29, 1.82) is 0 Å². The molecule has 3 nitrogen and oxygen atoms in total. The molecule has 1 amide bonds. The second kappa shape index (κ2) is 6.80. The fourth-order valence-corrected chi connectivity index (χ4v) is 2.64. The van der Waals surface area contributed by atoms with Gasteiger partial charge in [-0.3, -0.25) is 4.79 Å². The zero-order valence-electron chi connectivity index (χ0n) is 11.3.